The Balaban J connectivity index is 1.51. The van der Waals surface area contributed by atoms with Gasteiger partial charge in [0, 0.05) is 35.8 Å². The predicted octanol–water partition coefficient (Wildman–Crippen LogP) is 4.11. The molecule has 2 N–H and O–H groups in total. The van der Waals surface area contributed by atoms with E-state index in [1.807, 2.05) is 0 Å². The van der Waals surface area contributed by atoms with Crippen LogP contribution in [-0.2, 0) is 13.1 Å². The predicted molar refractivity (Wildman–Crippen MR) is 107 cm³/mol. The van der Waals surface area contributed by atoms with E-state index in [9.17, 15) is 4.79 Å². The lowest BCUT2D eigenvalue weighted by Gasteiger charge is -2.26. The Bertz CT molecular complexity index is 1040. The van der Waals surface area contributed by atoms with Crippen molar-refractivity contribution >= 4 is 28.4 Å². The van der Waals surface area contributed by atoms with E-state index in [2.05, 4.69) is 44.5 Å². The highest BCUT2D eigenvalue weighted by Gasteiger charge is 2.27. The number of carbonyl (C=O) groups excluding carboxylic acids is 1. The zero-order valence-electron chi connectivity index (χ0n) is 15.0. The molecule has 6 heteroatoms. The molecular weight excluding hydrogens is 360 g/mol. The Morgan fingerprint density at radius 2 is 2.00 bits per heavy atom. The average molecular weight is 381 g/mol. The number of H-pyrrole nitrogens is 1. The van der Waals surface area contributed by atoms with E-state index in [1.54, 1.807) is 6.20 Å². The van der Waals surface area contributed by atoms with Gasteiger partial charge in [0.2, 0.25) is 0 Å². The second-order valence-corrected chi connectivity index (χ2v) is 7.84. The van der Waals surface area contributed by atoms with Crippen molar-refractivity contribution in [2.24, 2.45) is 0 Å². The van der Waals surface area contributed by atoms with Gasteiger partial charge in [0.15, 0.2) is 0 Å². The fraction of sp³-hybridized carbons (Fsp3) is 0.333. The summed E-state index contributed by atoms with van der Waals surface area (Å²) in [5, 5.41) is 4.52. The van der Waals surface area contributed by atoms with Crippen molar-refractivity contribution in [3.8, 4) is 11.4 Å². The van der Waals surface area contributed by atoms with Crippen LogP contribution < -0.4 is 5.32 Å². The molecule has 0 spiro atoms. The third kappa shape index (κ3) is 3.01. The van der Waals surface area contributed by atoms with Gasteiger partial charge < -0.3 is 10.3 Å². The Kier molecular flexibility index (Phi) is 4.14. The highest BCUT2D eigenvalue weighted by molar-refractivity contribution is 6.32. The van der Waals surface area contributed by atoms with Crippen LogP contribution in [0.5, 0.6) is 0 Å². The van der Waals surface area contributed by atoms with Crippen molar-refractivity contribution < 1.29 is 4.79 Å². The van der Waals surface area contributed by atoms with E-state index in [0.29, 0.717) is 22.8 Å². The SMILES string of the molecule is O=C1NCc2c(Cl)cnc(-c3cc4cc(CN5CCCCC5)ccc4[nH]3)c21. The number of hydrogen-bond acceptors (Lipinski definition) is 3. The molecule has 1 saturated heterocycles. The number of nitrogens with zero attached hydrogens (tertiary/aromatic N) is 2. The molecular formula is C21H21ClN4O. The van der Waals surface area contributed by atoms with E-state index < -0.39 is 0 Å². The number of halogens is 1. The molecule has 1 aromatic carbocycles. The maximum absolute atomic E-state index is 12.3. The van der Waals surface area contributed by atoms with Gasteiger partial charge in [0.25, 0.3) is 5.91 Å². The number of carbonyl (C=O) groups is 1. The molecule has 0 unspecified atom stereocenters. The number of piperidine rings is 1. The van der Waals surface area contributed by atoms with Crippen LogP contribution in [0.3, 0.4) is 0 Å². The van der Waals surface area contributed by atoms with Crippen molar-refractivity contribution in [2.75, 3.05) is 13.1 Å². The quantitative estimate of drug-likeness (QED) is 0.718. The first-order valence-electron chi connectivity index (χ1n) is 9.49. The van der Waals surface area contributed by atoms with Crippen molar-refractivity contribution in [3.63, 3.8) is 0 Å². The fourth-order valence-corrected chi connectivity index (χ4v) is 4.40. The Labute approximate surface area is 162 Å². The Hall–Kier alpha value is -2.37. The lowest BCUT2D eigenvalue weighted by atomic mass is 10.1. The smallest absolute Gasteiger partial charge is 0.254 e. The second-order valence-electron chi connectivity index (χ2n) is 7.43. The molecule has 2 aromatic heterocycles. The molecule has 5 rings (SSSR count). The highest BCUT2D eigenvalue weighted by Crippen LogP contribution is 2.33. The number of aromatic amines is 1. The summed E-state index contributed by atoms with van der Waals surface area (Å²) in [6.07, 6.45) is 5.57. The van der Waals surface area contributed by atoms with Gasteiger partial charge in [0.05, 0.1) is 22.0 Å². The fourth-order valence-electron chi connectivity index (χ4n) is 4.19. The molecule has 2 aliphatic heterocycles. The maximum Gasteiger partial charge on any atom is 0.254 e. The second kappa shape index (κ2) is 6.66. The standard InChI is InChI=1S/C21H21ClN4O/c22-16-11-23-20(19-15(16)10-24-21(19)27)18-9-14-8-13(4-5-17(14)25-18)12-26-6-2-1-3-7-26/h4-5,8-9,11,25H,1-3,6-7,10,12H2,(H,24,27). The van der Waals surface area contributed by atoms with Crippen LogP contribution in [0.2, 0.25) is 5.02 Å². The summed E-state index contributed by atoms with van der Waals surface area (Å²) in [5.41, 5.74) is 5.31. The molecule has 138 valence electrons. The van der Waals surface area contributed by atoms with Gasteiger partial charge in [-0.15, -0.1) is 0 Å². The molecule has 1 fully saturated rings. The van der Waals surface area contributed by atoms with Gasteiger partial charge in [-0.3, -0.25) is 14.7 Å². The van der Waals surface area contributed by atoms with Crippen molar-refractivity contribution in [3.05, 3.63) is 52.2 Å². The minimum Gasteiger partial charge on any atom is -0.353 e. The topological polar surface area (TPSA) is 61.0 Å². The Morgan fingerprint density at radius 3 is 2.85 bits per heavy atom. The summed E-state index contributed by atoms with van der Waals surface area (Å²) in [6, 6.07) is 8.62. The van der Waals surface area contributed by atoms with Gasteiger partial charge in [-0.2, -0.15) is 0 Å². The third-order valence-electron chi connectivity index (χ3n) is 5.58. The number of hydrogen-bond donors (Lipinski definition) is 2. The van der Waals surface area contributed by atoms with E-state index in [4.69, 9.17) is 11.6 Å². The molecule has 27 heavy (non-hydrogen) atoms. The monoisotopic (exact) mass is 380 g/mol. The highest BCUT2D eigenvalue weighted by atomic mass is 35.5. The van der Waals surface area contributed by atoms with Crippen molar-refractivity contribution in [1.82, 2.24) is 20.2 Å². The van der Waals surface area contributed by atoms with E-state index >= 15 is 0 Å². The van der Waals surface area contributed by atoms with Crippen LogP contribution >= 0.6 is 11.6 Å². The lowest BCUT2D eigenvalue weighted by Crippen LogP contribution is -2.28. The molecule has 0 saturated carbocycles. The molecule has 1 amide bonds. The first-order valence-corrected chi connectivity index (χ1v) is 9.87. The van der Waals surface area contributed by atoms with E-state index in [1.165, 1.54) is 37.9 Å². The number of amides is 1. The van der Waals surface area contributed by atoms with Crippen LogP contribution in [-0.4, -0.2) is 33.9 Å². The maximum atomic E-state index is 12.3. The number of likely N-dealkylation sites (tertiary alicyclic amines) is 1. The summed E-state index contributed by atoms with van der Waals surface area (Å²) < 4.78 is 0. The molecule has 0 radical (unpaired) electrons. The first-order chi connectivity index (χ1) is 13.2. The number of benzene rings is 1. The lowest BCUT2D eigenvalue weighted by molar-refractivity contribution is 0.0966. The van der Waals surface area contributed by atoms with Crippen LogP contribution in [0.25, 0.3) is 22.3 Å². The molecule has 0 bridgehead atoms. The zero-order valence-corrected chi connectivity index (χ0v) is 15.8. The molecule has 2 aliphatic rings. The molecule has 0 atom stereocenters. The van der Waals surface area contributed by atoms with Gasteiger partial charge in [-0.25, -0.2) is 0 Å². The number of pyridine rings is 1. The zero-order chi connectivity index (χ0) is 18.4. The van der Waals surface area contributed by atoms with E-state index in [-0.39, 0.29) is 5.91 Å². The number of rotatable bonds is 3. The number of fused-ring (bicyclic) bond motifs is 2. The molecule has 0 aliphatic carbocycles. The normalized spacial score (nSPS) is 17.3. The minimum absolute atomic E-state index is 0.112. The summed E-state index contributed by atoms with van der Waals surface area (Å²) >= 11 is 6.22. The minimum atomic E-state index is -0.112. The van der Waals surface area contributed by atoms with Crippen LogP contribution in [0.15, 0.2) is 30.5 Å². The van der Waals surface area contributed by atoms with Gasteiger partial charge in [0.1, 0.15) is 0 Å². The van der Waals surface area contributed by atoms with Crippen LogP contribution in [0, 0.1) is 0 Å². The number of aromatic nitrogens is 2. The average Bonchev–Trinajstić information content (AvgIpc) is 3.27. The summed E-state index contributed by atoms with van der Waals surface area (Å²) in [6.45, 7) is 3.83. The summed E-state index contributed by atoms with van der Waals surface area (Å²) in [7, 11) is 0. The molecule has 4 heterocycles. The van der Waals surface area contributed by atoms with Crippen molar-refractivity contribution in [1.29, 1.82) is 0 Å². The van der Waals surface area contributed by atoms with Gasteiger partial charge >= 0.3 is 0 Å². The van der Waals surface area contributed by atoms with Crippen LogP contribution in [0.1, 0.15) is 40.7 Å². The van der Waals surface area contributed by atoms with Crippen LogP contribution in [0.4, 0.5) is 0 Å². The third-order valence-corrected chi connectivity index (χ3v) is 5.91. The first kappa shape index (κ1) is 16.8. The number of nitrogens with one attached hydrogen (secondary N) is 2. The summed E-state index contributed by atoms with van der Waals surface area (Å²) in [5.74, 6) is -0.112. The molecule has 5 nitrogen and oxygen atoms in total. The summed E-state index contributed by atoms with van der Waals surface area (Å²) in [4.78, 5) is 22.7. The van der Waals surface area contributed by atoms with E-state index in [0.717, 1.165) is 28.7 Å². The largest absolute Gasteiger partial charge is 0.353 e. The Morgan fingerprint density at radius 1 is 1.15 bits per heavy atom. The van der Waals surface area contributed by atoms with Gasteiger partial charge in [-0.05, 0) is 49.7 Å². The van der Waals surface area contributed by atoms with Gasteiger partial charge in [-0.1, -0.05) is 24.1 Å². The molecule has 3 aromatic rings. The van der Waals surface area contributed by atoms with Crippen molar-refractivity contribution in [2.45, 2.75) is 32.4 Å².